The second-order valence-corrected chi connectivity index (χ2v) is 3.93. The van der Waals surface area contributed by atoms with Crippen molar-refractivity contribution in [2.45, 2.75) is 6.92 Å². The summed E-state index contributed by atoms with van der Waals surface area (Å²) in [6.45, 7) is 1.68. The second-order valence-electron chi connectivity index (χ2n) is 3.93. The van der Waals surface area contributed by atoms with Gasteiger partial charge in [-0.3, -0.25) is 0 Å². The predicted octanol–water partition coefficient (Wildman–Crippen LogP) is 3.21. The molecule has 0 unspecified atom stereocenters. The number of halogens is 1. The van der Waals surface area contributed by atoms with Crippen LogP contribution < -0.4 is 9.47 Å². The van der Waals surface area contributed by atoms with Gasteiger partial charge in [0.05, 0.1) is 14.2 Å². The first-order chi connectivity index (χ1) is 8.63. The van der Waals surface area contributed by atoms with E-state index in [0.717, 1.165) is 11.1 Å². The second kappa shape index (κ2) is 5.04. The largest absolute Gasteiger partial charge is 0.497 e. The van der Waals surface area contributed by atoms with Crippen molar-refractivity contribution in [1.29, 1.82) is 0 Å². The van der Waals surface area contributed by atoms with Crippen molar-refractivity contribution in [3.05, 3.63) is 42.0 Å². The summed E-state index contributed by atoms with van der Waals surface area (Å²) in [4.78, 5) is 3.72. The van der Waals surface area contributed by atoms with Gasteiger partial charge in [-0.1, -0.05) is 0 Å². The van der Waals surface area contributed by atoms with E-state index in [4.69, 9.17) is 9.47 Å². The number of pyridine rings is 1. The molecule has 3 nitrogen and oxygen atoms in total. The van der Waals surface area contributed by atoms with Crippen molar-refractivity contribution < 1.29 is 13.9 Å². The standard InChI is InChI=1S/C14H14FNO2/c1-9-4-11(8-16-14(9)15)10-5-12(17-2)7-13(6-10)18-3/h4-8H,1-3H3. The molecule has 0 fully saturated rings. The van der Waals surface area contributed by atoms with E-state index in [1.165, 1.54) is 6.20 Å². The first-order valence-corrected chi connectivity index (χ1v) is 5.49. The molecule has 1 heterocycles. The number of rotatable bonds is 3. The van der Waals surface area contributed by atoms with E-state index < -0.39 is 5.95 Å². The summed E-state index contributed by atoms with van der Waals surface area (Å²) in [5, 5.41) is 0. The first-order valence-electron chi connectivity index (χ1n) is 5.49. The molecular weight excluding hydrogens is 233 g/mol. The molecule has 1 aromatic carbocycles. The van der Waals surface area contributed by atoms with Crippen molar-refractivity contribution in [2.24, 2.45) is 0 Å². The highest BCUT2D eigenvalue weighted by atomic mass is 19.1. The van der Waals surface area contributed by atoms with Crippen LogP contribution in [0.1, 0.15) is 5.56 Å². The number of hydrogen-bond donors (Lipinski definition) is 0. The maximum absolute atomic E-state index is 13.1. The van der Waals surface area contributed by atoms with Crippen LogP contribution in [0.3, 0.4) is 0 Å². The van der Waals surface area contributed by atoms with Crippen molar-refractivity contribution in [3.63, 3.8) is 0 Å². The van der Waals surface area contributed by atoms with Gasteiger partial charge >= 0.3 is 0 Å². The fourth-order valence-corrected chi connectivity index (χ4v) is 1.69. The van der Waals surface area contributed by atoms with E-state index in [0.29, 0.717) is 17.1 Å². The maximum atomic E-state index is 13.1. The molecule has 0 radical (unpaired) electrons. The third-order valence-electron chi connectivity index (χ3n) is 2.70. The lowest BCUT2D eigenvalue weighted by atomic mass is 10.1. The Balaban J connectivity index is 2.51. The fraction of sp³-hybridized carbons (Fsp3) is 0.214. The molecule has 0 bridgehead atoms. The smallest absolute Gasteiger partial charge is 0.215 e. The van der Waals surface area contributed by atoms with E-state index in [2.05, 4.69) is 4.98 Å². The highest BCUT2D eigenvalue weighted by Crippen LogP contribution is 2.29. The van der Waals surface area contributed by atoms with Crippen molar-refractivity contribution in [2.75, 3.05) is 14.2 Å². The summed E-state index contributed by atoms with van der Waals surface area (Å²) in [7, 11) is 3.18. The Morgan fingerprint density at radius 1 is 0.944 bits per heavy atom. The van der Waals surface area contributed by atoms with Crippen molar-refractivity contribution >= 4 is 0 Å². The number of methoxy groups -OCH3 is 2. The highest BCUT2D eigenvalue weighted by Gasteiger charge is 2.07. The number of nitrogens with zero attached hydrogens (tertiary/aromatic N) is 1. The Morgan fingerprint density at radius 3 is 2.06 bits per heavy atom. The Bertz CT molecular complexity index is 547. The molecular formula is C14H14FNO2. The lowest BCUT2D eigenvalue weighted by Gasteiger charge is -2.09. The van der Waals surface area contributed by atoms with Crippen molar-refractivity contribution in [3.8, 4) is 22.6 Å². The lowest BCUT2D eigenvalue weighted by molar-refractivity contribution is 0.394. The molecule has 1 aromatic heterocycles. The van der Waals surface area contributed by atoms with Gasteiger partial charge in [0.2, 0.25) is 5.95 Å². The van der Waals surface area contributed by atoms with Gasteiger partial charge in [-0.25, -0.2) is 4.98 Å². The third-order valence-corrected chi connectivity index (χ3v) is 2.70. The Kier molecular flexibility index (Phi) is 3.46. The SMILES string of the molecule is COc1cc(OC)cc(-c2cnc(F)c(C)c2)c1. The average molecular weight is 247 g/mol. The van der Waals surface area contributed by atoms with E-state index in [-0.39, 0.29) is 0 Å². The molecule has 0 N–H and O–H groups in total. The van der Waals surface area contributed by atoms with Crippen LogP contribution in [0.15, 0.2) is 30.5 Å². The van der Waals surface area contributed by atoms with Crippen LogP contribution in [0, 0.1) is 12.9 Å². The zero-order chi connectivity index (χ0) is 13.1. The summed E-state index contributed by atoms with van der Waals surface area (Å²) in [5.74, 6) is 0.922. The van der Waals surface area contributed by atoms with Crippen molar-refractivity contribution in [1.82, 2.24) is 4.98 Å². The Hall–Kier alpha value is -2.10. The molecule has 0 aliphatic rings. The molecule has 18 heavy (non-hydrogen) atoms. The highest BCUT2D eigenvalue weighted by molar-refractivity contribution is 5.67. The minimum absolute atomic E-state index is 0.450. The summed E-state index contributed by atoms with van der Waals surface area (Å²) < 4.78 is 23.5. The average Bonchev–Trinajstić information content (AvgIpc) is 2.41. The molecule has 0 atom stereocenters. The molecule has 0 saturated carbocycles. The third kappa shape index (κ3) is 2.42. The number of benzene rings is 1. The fourth-order valence-electron chi connectivity index (χ4n) is 1.69. The number of aryl methyl sites for hydroxylation is 1. The van der Waals surface area contributed by atoms with Crippen LogP contribution in [0.2, 0.25) is 0 Å². The minimum atomic E-state index is -0.450. The molecule has 0 amide bonds. The van der Waals surface area contributed by atoms with E-state index in [1.54, 1.807) is 33.3 Å². The Morgan fingerprint density at radius 2 is 1.56 bits per heavy atom. The quantitative estimate of drug-likeness (QED) is 0.780. The molecule has 0 aliphatic heterocycles. The van der Waals surface area contributed by atoms with Gasteiger partial charge in [0.25, 0.3) is 0 Å². The summed E-state index contributed by atoms with van der Waals surface area (Å²) in [5.41, 5.74) is 2.21. The van der Waals surface area contributed by atoms with Gasteiger partial charge in [-0.2, -0.15) is 4.39 Å². The number of hydrogen-bond acceptors (Lipinski definition) is 3. The maximum Gasteiger partial charge on any atom is 0.215 e. The normalized spacial score (nSPS) is 10.2. The first kappa shape index (κ1) is 12.4. The van der Waals surface area contributed by atoms with Gasteiger partial charge < -0.3 is 9.47 Å². The minimum Gasteiger partial charge on any atom is -0.497 e. The van der Waals surface area contributed by atoms with Crippen LogP contribution in [-0.4, -0.2) is 19.2 Å². The van der Waals surface area contributed by atoms with Gasteiger partial charge in [-0.15, -0.1) is 0 Å². The summed E-state index contributed by atoms with van der Waals surface area (Å²) in [6.07, 6.45) is 1.50. The Labute approximate surface area is 105 Å². The van der Waals surface area contributed by atoms with Crippen LogP contribution in [0.5, 0.6) is 11.5 Å². The molecule has 0 aliphatic carbocycles. The van der Waals surface area contributed by atoms with Gasteiger partial charge in [0, 0.05) is 23.4 Å². The molecule has 0 spiro atoms. The van der Waals surface area contributed by atoms with Crippen LogP contribution in [0.25, 0.3) is 11.1 Å². The van der Waals surface area contributed by atoms with E-state index >= 15 is 0 Å². The predicted molar refractivity (Wildman–Crippen MR) is 67.5 cm³/mol. The molecule has 0 saturated heterocycles. The molecule has 2 rings (SSSR count). The van der Waals surface area contributed by atoms with E-state index in [9.17, 15) is 4.39 Å². The van der Waals surface area contributed by atoms with E-state index in [1.807, 2.05) is 12.1 Å². The summed E-state index contributed by atoms with van der Waals surface area (Å²) >= 11 is 0. The zero-order valence-corrected chi connectivity index (χ0v) is 10.5. The lowest BCUT2D eigenvalue weighted by Crippen LogP contribution is -1.92. The van der Waals surface area contributed by atoms with Gasteiger partial charge in [0.15, 0.2) is 0 Å². The van der Waals surface area contributed by atoms with Gasteiger partial charge in [0.1, 0.15) is 11.5 Å². The summed E-state index contributed by atoms with van der Waals surface area (Å²) in [6, 6.07) is 7.25. The van der Waals surface area contributed by atoms with Crippen LogP contribution in [-0.2, 0) is 0 Å². The topological polar surface area (TPSA) is 31.4 Å². The van der Waals surface area contributed by atoms with Crippen LogP contribution in [0.4, 0.5) is 4.39 Å². The van der Waals surface area contributed by atoms with Crippen LogP contribution >= 0.6 is 0 Å². The molecule has 2 aromatic rings. The molecule has 94 valence electrons. The zero-order valence-electron chi connectivity index (χ0n) is 10.5. The van der Waals surface area contributed by atoms with Gasteiger partial charge in [-0.05, 0) is 30.7 Å². The molecule has 4 heteroatoms. The monoisotopic (exact) mass is 247 g/mol. The number of aromatic nitrogens is 1. The number of ether oxygens (including phenoxy) is 2.